The van der Waals surface area contributed by atoms with Gasteiger partial charge in [0.25, 0.3) is 0 Å². The molecular formula is C20H28O4. The number of allylic oxidation sites excluding steroid dienone is 3. The minimum absolute atomic E-state index is 0.00744. The van der Waals surface area contributed by atoms with Gasteiger partial charge in [-0.2, -0.15) is 0 Å². The summed E-state index contributed by atoms with van der Waals surface area (Å²) in [6.07, 6.45) is 5.22. The van der Waals surface area contributed by atoms with Crippen LogP contribution in [-0.2, 0) is 9.59 Å². The second-order valence-corrected chi connectivity index (χ2v) is 8.23. The van der Waals surface area contributed by atoms with E-state index in [-0.39, 0.29) is 35.6 Å². The lowest BCUT2D eigenvalue weighted by molar-refractivity contribution is -0.128. The van der Waals surface area contributed by atoms with Crippen molar-refractivity contribution in [3.63, 3.8) is 0 Å². The van der Waals surface area contributed by atoms with E-state index in [1.807, 2.05) is 19.9 Å². The highest BCUT2D eigenvalue weighted by Crippen LogP contribution is 2.55. The van der Waals surface area contributed by atoms with E-state index in [0.717, 1.165) is 25.5 Å². The van der Waals surface area contributed by atoms with Crippen LogP contribution in [0.2, 0.25) is 0 Å². The molecule has 4 nitrogen and oxygen atoms in total. The lowest BCUT2D eigenvalue weighted by atomic mass is 9.67. The Labute approximate surface area is 143 Å². The Kier molecular flexibility index (Phi) is 4.56. The fraction of sp³-hybridized carbons (Fsp3) is 0.700. The molecular weight excluding hydrogens is 304 g/mol. The van der Waals surface area contributed by atoms with Crippen LogP contribution in [0.25, 0.3) is 0 Å². The van der Waals surface area contributed by atoms with Gasteiger partial charge >= 0.3 is 0 Å². The Morgan fingerprint density at radius 1 is 1.46 bits per heavy atom. The Morgan fingerprint density at radius 2 is 2.17 bits per heavy atom. The van der Waals surface area contributed by atoms with Crippen molar-refractivity contribution in [1.82, 2.24) is 0 Å². The Morgan fingerprint density at radius 3 is 2.79 bits per heavy atom. The molecule has 0 bridgehead atoms. The summed E-state index contributed by atoms with van der Waals surface area (Å²) in [5.74, 6) is -0.623. The first-order chi connectivity index (χ1) is 11.3. The normalized spacial score (nSPS) is 42.7. The molecule has 0 amide bonds. The first kappa shape index (κ1) is 17.6. The molecule has 4 heteroatoms. The number of Topliss-reactive ketones (excluding diaryl/α,β-unsaturated/α-hetero) is 1. The van der Waals surface area contributed by atoms with Crippen molar-refractivity contribution in [1.29, 1.82) is 0 Å². The average Bonchev–Trinajstić information content (AvgIpc) is 2.97. The van der Waals surface area contributed by atoms with Crippen molar-refractivity contribution in [3.05, 3.63) is 22.8 Å². The van der Waals surface area contributed by atoms with Gasteiger partial charge in [0.1, 0.15) is 12.4 Å². The van der Waals surface area contributed by atoms with Gasteiger partial charge in [-0.05, 0) is 48.5 Å². The van der Waals surface area contributed by atoms with Crippen molar-refractivity contribution < 1.29 is 19.8 Å². The monoisotopic (exact) mass is 332 g/mol. The van der Waals surface area contributed by atoms with Gasteiger partial charge in [0.2, 0.25) is 0 Å². The van der Waals surface area contributed by atoms with Gasteiger partial charge < -0.3 is 10.2 Å². The zero-order valence-corrected chi connectivity index (χ0v) is 14.8. The Hall–Kier alpha value is -1.26. The summed E-state index contributed by atoms with van der Waals surface area (Å²) in [6.45, 7) is 6.36. The van der Waals surface area contributed by atoms with E-state index >= 15 is 0 Å². The molecule has 0 spiro atoms. The molecule has 0 aliphatic heterocycles. The Balaban J connectivity index is 2.08. The molecule has 2 N–H and O–H groups in total. The number of hydrogen-bond acceptors (Lipinski definition) is 4. The van der Waals surface area contributed by atoms with Gasteiger partial charge in [-0.1, -0.05) is 38.0 Å². The maximum absolute atomic E-state index is 12.5. The summed E-state index contributed by atoms with van der Waals surface area (Å²) < 4.78 is 0. The number of fused-ring (bicyclic) bond motifs is 2. The quantitative estimate of drug-likeness (QED) is 0.615. The molecule has 0 aromatic heterocycles. The summed E-state index contributed by atoms with van der Waals surface area (Å²) in [5, 5.41) is 19.8. The molecule has 3 aliphatic rings. The summed E-state index contributed by atoms with van der Waals surface area (Å²) in [7, 11) is 0. The molecule has 0 saturated heterocycles. The topological polar surface area (TPSA) is 74.6 Å². The Bertz CT molecular complexity index is 617. The second kappa shape index (κ2) is 6.23. The summed E-state index contributed by atoms with van der Waals surface area (Å²) >= 11 is 0. The summed E-state index contributed by atoms with van der Waals surface area (Å²) in [5.41, 5.74) is 3.18. The van der Waals surface area contributed by atoms with Crippen LogP contribution in [0.1, 0.15) is 46.5 Å². The molecule has 0 unspecified atom stereocenters. The maximum atomic E-state index is 12.5. The van der Waals surface area contributed by atoms with Crippen molar-refractivity contribution in [2.24, 2.45) is 29.1 Å². The highest BCUT2D eigenvalue weighted by molar-refractivity contribution is 5.96. The van der Waals surface area contributed by atoms with Crippen LogP contribution < -0.4 is 0 Å². The first-order valence-electron chi connectivity index (χ1n) is 9.04. The third-order valence-corrected chi connectivity index (χ3v) is 6.85. The van der Waals surface area contributed by atoms with Gasteiger partial charge in [-0.25, -0.2) is 0 Å². The van der Waals surface area contributed by atoms with E-state index in [1.165, 1.54) is 11.1 Å². The molecule has 0 radical (unpaired) electrons. The molecule has 0 aromatic carbocycles. The lowest BCUT2D eigenvalue weighted by Gasteiger charge is -2.36. The standard InChI is InChI=1S/C20H28O4/c1-11(9-21)14-6-7-20(3)8-15-12(2)18(23)19(24)17(15)13(10-22)4-5-16(14)20/h4,10-12,15,17-18,21,23H,5-9H2,1-3H3/b13-4-/t11-,12+,15-,17+,18+,20+/m1/s1. The van der Waals surface area contributed by atoms with Crippen molar-refractivity contribution in [3.8, 4) is 0 Å². The van der Waals surface area contributed by atoms with Crippen molar-refractivity contribution in [2.75, 3.05) is 6.61 Å². The third-order valence-electron chi connectivity index (χ3n) is 6.85. The SMILES string of the molecule is C[C@H]1[C@H]2C[C@]3(C)CCC([C@H](C)CO)=C3C/C=C(/C=O)[C@@H]2C(=O)[C@H]1O. The van der Waals surface area contributed by atoms with Gasteiger partial charge in [-0.15, -0.1) is 0 Å². The third kappa shape index (κ3) is 2.51. The minimum atomic E-state index is -0.963. The molecule has 1 fully saturated rings. The maximum Gasteiger partial charge on any atom is 0.169 e. The fourth-order valence-electron chi connectivity index (χ4n) is 5.25. The molecule has 3 aliphatic carbocycles. The van der Waals surface area contributed by atoms with Crippen LogP contribution in [0.4, 0.5) is 0 Å². The zero-order chi connectivity index (χ0) is 17.6. The fourth-order valence-corrected chi connectivity index (χ4v) is 5.25. The van der Waals surface area contributed by atoms with E-state index in [0.29, 0.717) is 12.0 Å². The van der Waals surface area contributed by atoms with E-state index < -0.39 is 12.0 Å². The predicted molar refractivity (Wildman–Crippen MR) is 91.2 cm³/mol. The number of carbonyl (C=O) groups is 2. The van der Waals surface area contributed by atoms with Crippen LogP contribution in [-0.4, -0.2) is 35.0 Å². The predicted octanol–water partition coefficient (Wildman–Crippen LogP) is 2.44. The summed E-state index contributed by atoms with van der Waals surface area (Å²) in [4.78, 5) is 24.1. The number of aliphatic hydroxyl groups excluding tert-OH is 2. The zero-order valence-electron chi connectivity index (χ0n) is 14.8. The van der Waals surface area contributed by atoms with Gasteiger partial charge in [0, 0.05) is 12.5 Å². The largest absolute Gasteiger partial charge is 0.396 e. The number of ketones is 1. The second-order valence-electron chi connectivity index (χ2n) is 8.23. The highest BCUT2D eigenvalue weighted by Gasteiger charge is 2.52. The first-order valence-corrected chi connectivity index (χ1v) is 9.04. The molecule has 0 heterocycles. The number of aldehydes is 1. The minimum Gasteiger partial charge on any atom is -0.396 e. The van der Waals surface area contributed by atoms with Crippen LogP contribution in [0, 0.1) is 29.1 Å². The molecule has 3 rings (SSSR count). The van der Waals surface area contributed by atoms with E-state index in [9.17, 15) is 19.8 Å². The number of rotatable bonds is 3. The smallest absolute Gasteiger partial charge is 0.169 e. The molecule has 1 saturated carbocycles. The van der Waals surface area contributed by atoms with Crippen LogP contribution in [0.3, 0.4) is 0 Å². The van der Waals surface area contributed by atoms with Crippen molar-refractivity contribution >= 4 is 12.1 Å². The molecule has 6 atom stereocenters. The lowest BCUT2D eigenvalue weighted by Crippen LogP contribution is -2.30. The van der Waals surface area contributed by atoms with Gasteiger partial charge in [0.05, 0.1) is 5.92 Å². The van der Waals surface area contributed by atoms with Crippen LogP contribution >= 0.6 is 0 Å². The molecule has 132 valence electrons. The van der Waals surface area contributed by atoms with E-state index in [4.69, 9.17) is 0 Å². The van der Waals surface area contributed by atoms with Crippen LogP contribution in [0.15, 0.2) is 22.8 Å². The van der Waals surface area contributed by atoms with E-state index in [1.54, 1.807) is 0 Å². The van der Waals surface area contributed by atoms with Crippen molar-refractivity contribution in [2.45, 2.75) is 52.6 Å². The van der Waals surface area contributed by atoms with E-state index in [2.05, 4.69) is 6.92 Å². The highest BCUT2D eigenvalue weighted by atomic mass is 16.3. The molecule has 24 heavy (non-hydrogen) atoms. The average molecular weight is 332 g/mol. The van der Waals surface area contributed by atoms with Crippen LogP contribution in [0.5, 0.6) is 0 Å². The number of hydrogen-bond donors (Lipinski definition) is 2. The van der Waals surface area contributed by atoms with Gasteiger partial charge in [0.15, 0.2) is 5.78 Å². The molecule has 0 aromatic rings. The summed E-state index contributed by atoms with van der Waals surface area (Å²) in [6, 6.07) is 0. The number of carbonyl (C=O) groups excluding carboxylic acids is 2. The van der Waals surface area contributed by atoms with Gasteiger partial charge in [-0.3, -0.25) is 9.59 Å². The number of aliphatic hydroxyl groups is 2.